The first-order valence-corrected chi connectivity index (χ1v) is 5.98. The van der Waals surface area contributed by atoms with Gasteiger partial charge in [-0.3, -0.25) is 0 Å². The summed E-state index contributed by atoms with van der Waals surface area (Å²) < 4.78 is 0. The van der Waals surface area contributed by atoms with Gasteiger partial charge < -0.3 is 10.2 Å². The highest BCUT2D eigenvalue weighted by atomic mass is 15.2. The summed E-state index contributed by atoms with van der Waals surface area (Å²) >= 11 is 0. The van der Waals surface area contributed by atoms with Gasteiger partial charge in [0.25, 0.3) is 0 Å². The van der Waals surface area contributed by atoms with Gasteiger partial charge in [0, 0.05) is 30.9 Å². The Labute approximate surface area is 103 Å². The zero-order chi connectivity index (χ0) is 12.7. The number of anilines is 1. The topological polar surface area (TPSA) is 52.0 Å². The van der Waals surface area contributed by atoms with Crippen molar-refractivity contribution in [2.45, 2.75) is 26.3 Å². The van der Waals surface area contributed by atoms with Crippen molar-refractivity contribution in [2.75, 3.05) is 25.0 Å². The largest absolute Gasteiger partial charge is 0.356 e. The molecule has 0 aliphatic heterocycles. The number of rotatable bonds is 6. The molecule has 1 aromatic heterocycles. The van der Waals surface area contributed by atoms with E-state index < -0.39 is 0 Å². The molecule has 1 rings (SSSR count). The van der Waals surface area contributed by atoms with Gasteiger partial charge in [-0.25, -0.2) is 4.98 Å². The maximum absolute atomic E-state index is 8.67. The second kappa shape index (κ2) is 6.87. The monoisotopic (exact) mass is 232 g/mol. The van der Waals surface area contributed by atoms with E-state index in [4.69, 9.17) is 5.26 Å². The summed E-state index contributed by atoms with van der Waals surface area (Å²) in [5.41, 5.74) is 1.18. The van der Waals surface area contributed by atoms with Crippen molar-refractivity contribution < 1.29 is 0 Å². The summed E-state index contributed by atoms with van der Waals surface area (Å²) in [6.07, 6.45) is 2.33. The number of nitrogens with one attached hydrogen (secondary N) is 1. The smallest absolute Gasteiger partial charge is 0.133 e. The van der Waals surface area contributed by atoms with E-state index in [0.29, 0.717) is 6.42 Å². The van der Waals surface area contributed by atoms with Gasteiger partial charge in [0.2, 0.25) is 0 Å². The molecule has 0 amide bonds. The second-order valence-corrected chi connectivity index (χ2v) is 3.91. The van der Waals surface area contributed by atoms with Crippen LogP contribution in [0.5, 0.6) is 0 Å². The first kappa shape index (κ1) is 13.5. The van der Waals surface area contributed by atoms with Crippen molar-refractivity contribution in [3.05, 3.63) is 23.9 Å². The summed E-state index contributed by atoms with van der Waals surface area (Å²) in [6.45, 7) is 5.79. The van der Waals surface area contributed by atoms with E-state index >= 15 is 0 Å². The number of hydrogen-bond donors (Lipinski definition) is 1. The van der Waals surface area contributed by atoms with Crippen molar-refractivity contribution in [3.8, 4) is 6.07 Å². The molecule has 0 aromatic carbocycles. The van der Waals surface area contributed by atoms with Crippen LogP contribution in [0.15, 0.2) is 18.3 Å². The third kappa shape index (κ3) is 3.43. The lowest BCUT2D eigenvalue weighted by molar-refractivity contribution is 0.643. The van der Waals surface area contributed by atoms with Crippen molar-refractivity contribution in [3.63, 3.8) is 0 Å². The van der Waals surface area contributed by atoms with Gasteiger partial charge in [0.1, 0.15) is 5.82 Å². The summed E-state index contributed by atoms with van der Waals surface area (Å²) in [5, 5.41) is 11.9. The highest BCUT2D eigenvalue weighted by molar-refractivity contribution is 5.48. The maximum Gasteiger partial charge on any atom is 0.133 e. The Balaban J connectivity index is 2.98. The van der Waals surface area contributed by atoms with Crippen LogP contribution in [-0.4, -0.2) is 25.1 Å². The SMILES string of the molecule is CCN(CCC#N)c1ncccc1C(C)NC. The summed E-state index contributed by atoms with van der Waals surface area (Å²) in [6, 6.07) is 6.47. The Hall–Kier alpha value is -1.60. The normalized spacial score (nSPS) is 11.9. The molecule has 1 aromatic rings. The first-order chi connectivity index (χ1) is 8.24. The van der Waals surface area contributed by atoms with E-state index in [1.807, 2.05) is 13.1 Å². The van der Waals surface area contributed by atoms with Gasteiger partial charge >= 0.3 is 0 Å². The lowest BCUT2D eigenvalue weighted by Gasteiger charge is -2.25. The fourth-order valence-electron chi connectivity index (χ4n) is 1.77. The highest BCUT2D eigenvalue weighted by Crippen LogP contribution is 2.23. The molecule has 4 heteroatoms. The number of hydrogen-bond acceptors (Lipinski definition) is 4. The average Bonchev–Trinajstić information content (AvgIpc) is 2.39. The summed E-state index contributed by atoms with van der Waals surface area (Å²) in [5.74, 6) is 0.979. The molecule has 0 spiro atoms. The number of nitriles is 1. The van der Waals surface area contributed by atoms with Crippen LogP contribution < -0.4 is 10.2 Å². The fraction of sp³-hybridized carbons (Fsp3) is 0.538. The maximum atomic E-state index is 8.67. The molecule has 0 radical (unpaired) electrons. The number of pyridine rings is 1. The molecule has 92 valence electrons. The van der Waals surface area contributed by atoms with E-state index in [2.05, 4.69) is 41.2 Å². The molecule has 0 saturated carbocycles. The minimum Gasteiger partial charge on any atom is -0.356 e. The van der Waals surface area contributed by atoms with Crippen LogP contribution in [-0.2, 0) is 0 Å². The Kier molecular flexibility index (Phi) is 5.44. The van der Waals surface area contributed by atoms with Crippen LogP contribution in [0.4, 0.5) is 5.82 Å². The molecule has 17 heavy (non-hydrogen) atoms. The van der Waals surface area contributed by atoms with Crippen LogP contribution >= 0.6 is 0 Å². The minimum atomic E-state index is 0.259. The molecule has 0 aliphatic carbocycles. The van der Waals surface area contributed by atoms with E-state index in [1.54, 1.807) is 6.20 Å². The third-order valence-electron chi connectivity index (χ3n) is 2.89. The Bertz CT molecular complexity index is 383. The zero-order valence-corrected chi connectivity index (χ0v) is 10.8. The quantitative estimate of drug-likeness (QED) is 0.816. The molecule has 1 heterocycles. The molecule has 0 bridgehead atoms. The zero-order valence-electron chi connectivity index (χ0n) is 10.8. The van der Waals surface area contributed by atoms with Gasteiger partial charge in [0.05, 0.1) is 12.5 Å². The van der Waals surface area contributed by atoms with Crippen LogP contribution in [0.1, 0.15) is 31.9 Å². The van der Waals surface area contributed by atoms with Crippen molar-refractivity contribution >= 4 is 5.82 Å². The van der Waals surface area contributed by atoms with Gasteiger partial charge in [-0.2, -0.15) is 5.26 Å². The molecule has 0 fully saturated rings. The number of aromatic nitrogens is 1. The van der Waals surface area contributed by atoms with Crippen LogP contribution in [0, 0.1) is 11.3 Å². The predicted molar refractivity (Wildman–Crippen MR) is 69.8 cm³/mol. The van der Waals surface area contributed by atoms with Crippen molar-refractivity contribution in [1.82, 2.24) is 10.3 Å². The van der Waals surface area contributed by atoms with Crippen LogP contribution in [0.2, 0.25) is 0 Å². The average molecular weight is 232 g/mol. The molecule has 1 unspecified atom stereocenters. The van der Waals surface area contributed by atoms with E-state index in [0.717, 1.165) is 18.9 Å². The Morgan fingerprint density at radius 1 is 1.59 bits per heavy atom. The molecule has 1 N–H and O–H groups in total. The van der Waals surface area contributed by atoms with Crippen molar-refractivity contribution in [1.29, 1.82) is 5.26 Å². The predicted octanol–water partition coefficient (Wildman–Crippen LogP) is 2.10. The molecule has 4 nitrogen and oxygen atoms in total. The molecule has 0 aliphatic rings. The van der Waals surface area contributed by atoms with Gasteiger partial charge in [-0.1, -0.05) is 6.07 Å². The second-order valence-electron chi connectivity index (χ2n) is 3.91. The van der Waals surface area contributed by atoms with Crippen molar-refractivity contribution in [2.24, 2.45) is 0 Å². The molecule has 1 atom stereocenters. The van der Waals surface area contributed by atoms with E-state index in [-0.39, 0.29) is 6.04 Å². The molecular weight excluding hydrogens is 212 g/mol. The van der Waals surface area contributed by atoms with E-state index in [1.165, 1.54) is 5.56 Å². The summed E-state index contributed by atoms with van der Waals surface area (Å²) in [4.78, 5) is 6.59. The van der Waals surface area contributed by atoms with E-state index in [9.17, 15) is 0 Å². The summed E-state index contributed by atoms with van der Waals surface area (Å²) in [7, 11) is 1.94. The lowest BCUT2D eigenvalue weighted by atomic mass is 10.1. The highest BCUT2D eigenvalue weighted by Gasteiger charge is 2.14. The van der Waals surface area contributed by atoms with Crippen LogP contribution in [0.25, 0.3) is 0 Å². The first-order valence-electron chi connectivity index (χ1n) is 5.98. The van der Waals surface area contributed by atoms with Gasteiger partial charge in [-0.05, 0) is 27.0 Å². The van der Waals surface area contributed by atoms with Crippen LogP contribution in [0.3, 0.4) is 0 Å². The molecule has 0 saturated heterocycles. The standard InChI is InChI=1S/C13H20N4/c1-4-17(10-6-8-14)13-12(11(2)15-3)7-5-9-16-13/h5,7,9,11,15H,4,6,10H2,1-3H3. The van der Waals surface area contributed by atoms with Gasteiger partial charge in [-0.15, -0.1) is 0 Å². The lowest BCUT2D eigenvalue weighted by Crippen LogP contribution is -2.27. The Morgan fingerprint density at radius 3 is 2.94 bits per heavy atom. The fourth-order valence-corrected chi connectivity index (χ4v) is 1.77. The Morgan fingerprint density at radius 2 is 2.35 bits per heavy atom. The third-order valence-corrected chi connectivity index (χ3v) is 2.89. The minimum absolute atomic E-state index is 0.259. The van der Waals surface area contributed by atoms with Gasteiger partial charge in [0.15, 0.2) is 0 Å². The molecular formula is C13H20N4. The number of nitrogens with zero attached hydrogens (tertiary/aromatic N) is 3.